The van der Waals surface area contributed by atoms with Crippen LogP contribution in [0.1, 0.15) is 12.5 Å². The Morgan fingerprint density at radius 3 is 2.84 bits per heavy atom. The fourth-order valence-corrected chi connectivity index (χ4v) is 1.78. The molecule has 2 N–H and O–H groups in total. The maximum atomic E-state index is 13.1. The van der Waals surface area contributed by atoms with E-state index < -0.39 is 18.0 Å². The molecule has 2 rings (SSSR count). The van der Waals surface area contributed by atoms with Crippen LogP contribution in [-0.2, 0) is 6.42 Å². The van der Waals surface area contributed by atoms with Gasteiger partial charge in [-0.3, -0.25) is 0 Å². The molecule has 19 heavy (non-hydrogen) atoms. The fraction of sp³-hybridized carbons (Fsp3) is 0.417. The van der Waals surface area contributed by atoms with Crippen molar-refractivity contribution in [2.75, 3.05) is 6.54 Å². The second kappa shape index (κ2) is 5.16. The highest BCUT2D eigenvalue weighted by atomic mass is 19.4. The molecular weight excluding hydrogens is 262 g/mol. The molecule has 0 radical (unpaired) electrons. The molecule has 1 unspecified atom stereocenters. The first-order valence-corrected chi connectivity index (χ1v) is 5.79. The SMILES string of the molecule is CC(NCCc1c[nH]c2ncc(F)cc12)C(F)(F)F. The second-order valence-corrected chi connectivity index (χ2v) is 4.33. The van der Waals surface area contributed by atoms with Crippen LogP contribution in [0.2, 0.25) is 0 Å². The van der Waals surface area contributed by atoms with E-state index in [-0.39, 0.29) is 6.54 Å². The summed E-state index contributed by atoms with van der Waals surface area (Å²) in [6, 6.07) is -0.242. The number of pyridine rings is 1. The van der Waals surface area contributed by atoms with Crippen LogP contribution in [0.15, 0.2) is 18.5 Å². The fourth-order valence-electron chi connectivity index (χ4n) is 1.78. The number of nitrogens with zero attached hydrogens (tertiary/aromatic N) is 1. The molecule has 0 aliphatic heterocycles. The van der Waals surface area contributed by atoms with Crippen LogP contribution < -0.4 is 5.32 Å². The van der Waals surface area contributed by atoms with E-state index in [4.69, 9.17) is 0 Å². The number of aromatic nitrogens is 2. The number of nitrogens with one attached hydrogen (secondary N) is 2. The lowest BCUT2D eigenvalue weighted by molar-refractivity contribution is -0.151. The predicted molar refractivity (Wildman–Crippen MR) is 63.3 cm³/mol. The monoisotopic (exact) mass is 275 g/mol. The van der Waals surface area contributed by atoms with Crippen LogP contribution in [0, 0.1) is 5.82 Å². The Labute approximate surface area is 107 Å². The van der Waals surface area contributed by atoms with Gasteiger partial charge in [-0.2, -0.15) is 13.2 Å². The quantitative estimate of drug-likeness (QED) is 0.842. The Kier molecular flexibility index (Phi) is 3.75. The average molecular weight is 275 g/mol. The molecule has 2 aromatic rings. The summed E-state index contributed by atoms with van der Waals surface area (Å²) in [6.45, 7) is 1.22. The molecule has 2 aromatic heterocycles. The van der Waals surface area contributed by atoms with Crippen LogP contribution in [0.4, 0.5) is 17.6 Å². The molecular formula is C12H13F4N3. The number of aromatic amines is 1. The zero-order chi connectivity index (χ0) is 14.0. The maximum Gasteiger partial charge on any atom is 0.403 e. The molecule has 0 saturated heterocycles. The molecule has 3 nitrogen and oxygen atoms in total. The molecule has 2 heterocycles. The largest absolute Gasteiger partial charge is 0.403 e. The Morgan fingerprint density at radius 1 is 1.42 bits per heavy atom. The lowest BCUT2D eigenvalue weighted by Gasteiger charge is -2.16. The third-order valence-corrected chi connectivity index (χ3v) is 2.92. The Morgan fingerprint density at radius 2 is 2.16 bits per heavy atom. The first-order chi connectivity index (χ1) is 8.88. The van der Waals surface area contributed by atoms with Crippen LogP contribution in [0.5, 0.6) is 0 Å². The first kappa shape index (κ1) is 13.8. The van der Waals surface area contributed by atoms with Crippen LogP contribution in [0.25, 0.3) is 11.0 Å². The minimum absolute atomic E-state index is 0.157. The summed E-state index contributed by atoms with van der Waals surface area (Å²) >= 11 is 0. The molecule has 0 bridgehead atoms. The zero-order valence-corrected chi connectivity index (χ0v) is 10.2. The Bertz CT molecular complexity index is 562. The molecule has 0 fully saturated rings. The number of hydrogen-bond donors (Lipinski definition) is 2. The lowest BCUT2D eigenvalue weighted by Crippen LogP contribution is -2.40. The van der Waals surface area contributed by atoms with E-state index in [9.17, 15) is 17.6 Å². The number of rotatable bonds is 4. The van der Waals surface area contributed by atoms with E-state index in [2.05, 4.69) is 15.3 Å². The van der Waals surface area contributed by atoms with Crippen LogP contribution in [0.3, 0.4) is 0 Å². The standard InChI is InChI=1S/C12H13F4N3/c1-7(12(14,15)16)17-3-2-8-5-18-11-10(8)4-9(13)6-19-11/h4-7,17H,2-3H2,1H3,(H,18,19). The molecule has 104 valence electrons. The lowest BCUT2D eigenvalue weighted by atomic mass is 10.1. The Balaban J connectivity index is 2.01. The minimum Gasteiger partial charge on any atom is -0.346 e. The molecule has 1 atom stereocenters. The highest BCUT2D eigenvalue weighted by Crippen LogP contribution is 2.20. The summed E-state index contributed by atoms with van der Waals surface area (Å²) in [6.07, 6.45) is -1.16. The van der Waals surface area contributed by atoms with Crippen LogP contribution >= 0.6 is 0 Å². The van der Waals surface area contributed by atoms with E-state index in [0.29, 0.717) is 17.5 Å². The number of H-pyrrole nitrogens is 1. The van der Waals surface area contributed by atoms with Crippen molar-refractivity contribution in [2.24, 2.45) is 0 Å². The summed E-state index contributed by atoms with van der Waals surface area (Å²) in [5.41, 5.74) is 1.27. The number of hydrogen-bond acceptors (Lipinski definition) is 2. The summed E-state index contributed by atoms with van der Waals surface area (Å²) in [5.74, 6) is -0.468. The van der Waals surface area contributed by atoms with Crippen molar-refractivity contribution >= 4 is 11.0 Å². The summed E-state index contributed by atoms with van der Waals surface area (Å²) in [7, 11) is 0. The van der Waals surface area contributed by atoms with Gasteiger partial charge in [0, 0.05) is 11.6 Å². The predicted octanol–water partition coefficient (Wildman–Crippen LogP) is 2.78. The van der Waals surface area contributed by atoms with Gasteiger partial charge in [0.05, 0.1) is 6.20 Å². The van der Waals surface area contributed by atoms with Gasteiger partial charge in [-0.15, -0.1) is 0 Å². The molecule has 0 aliphatic carbocycles. The summed E-state index contributed by atoms with van der Waals surface area (Å²) in [5, 5.41) is 2.99. The van der Waals surface area contributed by atoms with Crippen molar-refractivity contribution < 1.29 is 17.6 Å². The van der Waals surface area contributed by atoms with Gasteiger partial charge in [-0.05, 0) is 31.5 Å². The van der Waals surface area contributed by atoms with Gasteiger partial charge in [0.25, 0.3) is 0 Å². The normalized spacial score (nSPS) is 13.9. The van der Waals surface area contributed by atoms with Gasteiger partial charge >= 0.3 is 6.18 Å². The van der Waals surface area contributed by atoms with E-state index in [1.807, 2.05) is 0 Å². The third-order valence-electron chi connectivity index (χ3n) is 2.92. The Hall–Kier alpha value is -1.63. The van der Waals surface area contributed by atoms with E-state index in [1.165, 1.54) is 6.07 Å². The first-order valence-electron chi connectivity index (χ1n) is 5.79. The summed E-state index contributed by atoms with van der Waals surface area (Å²) < 4.78 is 49.9. The van der Waals surface area contributed by atoms with Gasteiger partial charge in [0.2, 0.25) is 0 Å². The van der Waals surface area contributed by atoms with E-state index in [1.54, 1.807) is 6.20 Å². The van der Waals surface area contributed by atoms with Gasteiger partial charge in [-0.25, -0.2) is 9.37 Å². The van der Waals surface area contributed by atoms with Crippen molar-refractivity contribution in [3.63, 3.8) is 0 Å². The maximum absolute atomic E-state index is 13.1. The van der Waals surface area contributed by atoms with Crippen molar-refractivity contribution in [1.29, 1.82) is 0 Å². The molecule has 7 heteroatoms. The van der Waals surface area contributed by atoms with Gasteiger partial charge in [0.15, 0.2) is 0 Å². The molecule has 0 spiro atoms. The van der Waals surface area contributed by atoms with Gasteiger partial charge < -0.3 is 10.3 Å². The van der Waals surface area contributed by atoms with Crippen molar-refractivity contribution in [1.82, 2.24) is 15.3 Å². The molecule has 0 aromatic carbocycles. The van der Waals surface area contributed by atoms with Gasteiger partial charge in [-0.1, -0.05) is 0 Å². The van der Waals surface area contributed by atoms with E-state index in [0.717, 1.165) is 18.7 Å². The molecule has 0 aliphatic rings. The average Bonchev–Trinajstić information content (AvgIpc) is 2.70. The smallest absolute Gasteiger partial charge is 0.346 e. The number of fused-ring (bicyclic) bond motifs is 1. The molecule has 0 saturated carbocycles. The highest BCUT2D eigenvalue weighted by Gasteiger charge is 2.35. The van der Waals surface area contributed by atoms with Gasteiger partial charge in [0.1, 0.15) is 17.5 Å². The van der Waals surface area contributed by atoms with Crippen molar-refractivity contribution in [2.45, 2.75) is 25.6 Å². The van der Waals surface area contributed by atoms with Crippen molar-refractivity contribution in [3.05, 3.63) is 29.8 Å². The van der Waals surface area contributed by atoms with Crippen LogP contribution in [-0.4, -0.2) is 28.7 Å². The summed E-state index contributed by atoms with van der Waals surface area (Å²) in [4.78, 5) is 6.71. The topological polar surface area (TPSA) is 40.7 Å². The number of halogens is 4. The third kappa shape index (κ3) is 3.23. The van der Waals surface area contributed by atoms with Crippen molar-refractivity contribution in [3.8, 4) is 0 Å². The number of alkyl halides is 3. The minimum atomic E-state index is -4.26. The molecule has 0 amide bonds. The van der Waals surface area contributed by atoms with E-state index >= 15 is 0 Å². The second-order valence-electron chi connectivity index (χ2n) is 4.33. The zero-order valence-electron chi connectivity index (χ0n) is 10.2. The highest BCUT2D eigenvalue weighted by molar-refractivity contribution is 5.79.